The predicted octanol–water partition coefficient (Wildman–Crippen LogP) is 5.49. The van der Waals surface area contributed by atoms with Crippen molar-refractivity contribution in [3.05, 3.63) is 83.1 Å². The lowest BCUT2D eigenvalue weighted by molar-refractivity contribution is -0.137. The van der Waals surface area contributed by atoms with Gasteiger partial charge in [0.25, 0.3) is 5.91 Å². The van der Waals surface area contributed by atoms with Crippen molar-refractivity contribution in [1.29, 1.82) is 0 Å². The third kappa shape index (κ3) is 7.06. The van der Waals surface area contributed by atoms with Crippen molar-refractivity contribution in [3.63, 3.8) is 0 Å². The monoisotopic (exact) mass is 621 g/mol. The number of imidazole rings is 1. The van der Waals surface area contributed by atoms with E-state index in [9.17, 15) is 22.8 Å². The van der Waals surface area contributed by atoms with Crippen LogP contribution in [0.5, 0.6) is 0 Å². The summed E-state index contributed by atoms with van der Waals surface area (Å²) in [5, 5.41) is 5.89. The van der Waals surface area contributed by atoms with Gasteiger partial charge in [0.2, 0.25) is 5.95 Å². The summed E-state index contributed by atoms with van der Waals surface area (Å²) in [6, 6.07) is 7.80. The number of alkyl halides is 3. The number of hydrogen-bond acceptors (Lipinski definition) is 7. The van der Waals surface area contributed by atoms with Crippen LogP contribution in [0.4, 0.5) is 41.1 Å². The number of fused-ring (bicyclic) bond motifs is 1. The molecular weight excluding hydrogens is 587 g/mol. The Hall–Kier alpha value is -4.98. The van der Waals surface area contributed by atoms with Gasteiger partial charge in [-0.25, -0.2) is 14.8 Å². The number of carbonyl (C=O) groups excluding carboxylic acids is 2. The lowest BCUT2D eigenvalue weighted by Crippen LogP contribution is -2.46. The molecule has 1 aliphatic heterocycles. The zero-order valence-electron chi connectivity index (χ0n) is 25.6. The first-order chi connectivity index (χ1) is 21.3. The fourth-order valence-corrected chi connectivity index (χ4v) is 4.98. The molecule has 0 saturated carbocycles. The summed E-state index contributed by atoms with van der Waals surface area (Å²) >= 11 is 0. The first kappa shape index (κ1) is 31.4. The minimum absolute atomic E-state index is 0.148. The van der Waals surface area contributed by atoms with E-state index in [1.807, 2.05) is 21.0 Å². The molecule has 3 amide bonds. The first-order valence-corrected chi connectivity index (χ1v) is 14.2. The van der Waals surface area contributed by atoms with E-state index in [0.29, 0.717) is 35.4 Å². The molecule has 5 rings (SSSR count). The summed E-state index contributed by atoms with van der Waals surface area (Å²) in [7, 11) is 5.63. The molecule has 0 bridgehead atoms. The van der Waals surface area contributed by atoms with E-state index in [4.69, 9.17) is 0 Å². The predicted molar refractivity (Wildman–Crippen MR) is 166 cm³/mol. The molecule has 2 N–H and O–H groups in total. The second-order valence-electron chi connectivity index (χ2n) is 11.2. The molecule has 0 saturated heterocycles. The first-order valence-electron chi connectivity index (χ1n) is 14.2. The maximum absolute atomic E-state index is 13.7. The van der Waals surface area contributed by atoms with E-state index < -0.39 is 17.6 Å². The quantitative estimate of drug-likeness (QED) is 0.238. The Morgan fingerprint density at radius 2 is 1.87 bits per heavy atom. The Kier molecular flexibility index (Phi) is 8.77. The summed E-state index contributed by atoms with van der Waals surface area (Å²) in [6.45, 7) is 5.33. The zero-order valence-corrected chi connectivity index (χ0v) is 25.6. The number of benzene rings is 2. The van der Waals surface area contributed by atoms with Crippen molar-refractivity contribution in [2.45, 2.75) is 33.0 Å². The highest BCUT2D eigenvalue weighted by atomic mass is 19.4. The molecule has 0 fully saturated rings. The van der Waals surface area contributed by atoms with Gasteiger partial charge in [0.1, 0.15) is 5.82 Å². The fraction of sp³-hybridized carbons (Fsp3) is 0.323. The van der Waals surface area contributed by atoms with Crippen LogP contribution in [-0.4, -0.2) is 70.6 Å². The summed E-state index contributed by atoms with van der Waals surface area (Å²) in [5.41, 5.74) is 1.95. The van der Waals surface area contributed by atoms with Crippen LogP contribution < -0.4 is 20.4 Å². The largest absolute Gasteiger partial charge is 0.416 e. The molecule has 2 aromatic carbocycles. The molecule has 0 unspecified atom stereocenters. The molecule has 4 aromatic rings. The number of aromatic nitrogens is 4. The standard InChI is InChI=1S/C31H34F3N9O2/c1-19-7-8-24(38-28(44)21-11-23(31(32,33)34)13-25(12-21)42-16-20(2)37-18-42)14-26(19)43-17-22-15-36-29(35-9-6-10-40(3)4)39-27(22)41(5)30(43)45/h7-8,11-16,18H,6,9-10,17H2,1-5H3,(H,38,44)(H,35,36,39). The Morgan fingerprint density at radius 3 is 2.56 bits per heavy atom. The van der Waals surface area contributed by atoms with Gasteiger partial charge in [-0.3, -0.25) is 14.6 Å². The van der Waals surface area contributed by atoms with Gasteiger partial charge in [-0.05, 0) is 76.8 Å². The number of halogens is 3. The van der Waals surface area contributed by atoms with Crippen molar-refractivity contribution in [2.75, 3.05) is 54.7 Å². The van der Waals surface area contributed by atoms with E-state index >= 15 is 0 Å². The Bertz CT molecular complexity index is 1740. The molecule has 0 aliphatic carbocycles. The van der Waals surface area contributed by atoms with Crippen molar-refractivity contribution in [2.24, 2.45) is 0 Å². The summed E-state index contributed by atoms with van der Waals surface area (Å²) < 4.78 is 42.7. The highest BCUT2D eigenvalue weighted by molar-refractivity contribution is 6.07. The molecule has 236 valence electrons. The van der Waals surface area contributed by atoms with Crippen LogP contribution in [0.25, 0.3) is 5.69 Å². The number of hydrogen-bond donors (Lipinski definition) is 2. The Morgan fingerprint density at radius 1 is 1.09 bits per heavy atom. The number of carbonyl (C=O) groups is 2. The number of amides is 3. The van der Waals surface area contributed by atoms with Gasteiger partial charge in [-0.2, -0.15) is 18.2 Å². The number of urea groups is 1. The lowest BCUT2D eigenvalue weighted by Gasteiger charge is -2.35. The number of nitrogens with zero attached hydrogens (tertiary/aromatic N) is 7. The minimum Gasteiger partial charge on any atom is -0.354 e. The van der Waals surface area contributed by atoms with Crippen molar-refractivity contribution >= 4 is 35.1 Å². The second kappa shape index (κ2) is 12.6. The van der Waals surface area contributed by atoms with Crippen LogP contribution in [0.3, 0.4) is 0 Å². The molecule has 0 atom stereocenters. The molecule has 45 heavy (non-hydrogen) atoms. The van der Waals surface area contributed by atoms with Crippen LogP contribution in [0, 0.1) is 13.8 Å². The van der Waals surface area contributed by atoms with Crippen LogP contribution >= 0.6 is 0 Å². The van der Waals surface area contributed by atoms with E-state index in [-0.39, 0.29) is 23.8 Å². The number of anilines is 4. The summed E-state index contributed by atoms with van der Waals surface area (Å²) in [4.78, 5) is 44.9. The van der Waals surface area contributed by atoms with E-state index in [1.165, 1.54) is 21.9 Å². The van der Waals surface area contributed by atoms with E-state index in [2.05, 4.69) is 30.5 Å². The zero-order chi connectivity index (χ0) is 32.5. The summed E-state index contributed by atoms with van der Waals surface area (Å²) in [5.74, 6) is 0.194. The highest BCUT2D eigenvalue weighted by Gasteiger charge is 2.33. The van der Waals surface area contributed by atoms with Crippen molar-refractivity contribution in [3.8, 4) is 5.69 Å². The van der Waals surface area contributed by atoms with Crippen molar-refractivity contribution < 1.29 is 22.8 Å². The third-order valence-electron chi connectivity index (χ3n) is 7.35. The summed E-state index contributed by atoms with van der Waals surface area (Å²) in [6.07, 6.45) is 0.880. The number of rotatable bonds is 9. The maximum Gasteiger partial charge on any atom is 0.416 e. The lowest BCUT2D eigenvalue weighted by atomic mass is 10.1. The minimum atomic E-state index is -4.67. The fourth-order valence-electron chi connectivity index (χ4n) is 4.98. The van der Waals surface area contributed by atoms with Gasteiger partial charge in [0.05, 0.1) is 29.8 Å². The topological polar surface area (TPSA) is 112 Å². The molecule has 0 radical (unpaired) electrons. The normalized spacial score (nSPS) is 13.3. The van der Waals surface area contributed by atoms with E-state index in [1.54, 1.807) is 49.5 Å². The molecule has 2 aromatic heterocycles. The smallest absolute Gasteiger partial charge is 0.354 e. The molecule has 1 aliphatic rings. The Labute approximate surface area is 258 Å². The van der Waals surface area contributed by atoms with Crippen molar-refractivity contribution in [1.82, 2.24) is 24.4 Å². The van der Waals surface area contributed by atoms with Gasteiger partial charge < -0.3 is 20.1 Å². The van der Waals surface area contributed by atoms with Crippen LogP contribution in [0.2, 0.25) is 0 Å². The van der Waals surface area contributed by atoms with Gasteiger partial charge in [0, 0.05) is 48.5 Å². The third-order valence-corrected chi connectivity index (χ3v) is 7.35. The average molecular weight is 622 g/mol. The number of nitrogens with one attached hydrogen (secondary N) is 2. The molecular formula is C31H34F3N9O2. The van der Waals surface area contributed by atoms with Gasteiger partial charge >= 0.3 is 12.2 Å². The number of aryl methyl sites for hydroxylation is 2. The van der Waals surface area contributed by atoms with Gasteiger partial charge in [-0.15, -0.1) is 0 Å². The average Bonchev–Trinajstić information content (AvgIpc) is 3.44. The van der Waals surface area contributed by atoms with Gasteiger partial charge in [0.15, 0.2) is 0 Å². The Balaban J connectivity index is 1.37. The van der Waals surface area contributed by atoms with Crippen LogP contribution in [0.1, 0.15) is 39.2 Å². The SMILES string of the molecule is Cc1cn(-c2cc(C(=O)Nc3ccc(C)c(N4Cc5cnc(NCCCN(C)C)nc5N(C)C4=O)c3)cc(C(F)(F)F)c2)cn1. The molecule has 14 heteroatoms. The molecule has 3 heterocycles. The molecule has 0 spiro atoms. The maximum atomic E-state index is 13.7. The molecule has 11 nitrogen and oxygen atoms in total. The highest BCUT2D eigenvalue weighted by Crippen LogP contribution is 2.34. The van der Waals surface area contributed by atoms with E-state index in [0.717, 1.165) is 36.2 Å². The van der Waals surface area contributed by atoms with Crippen LogP contribution in [0.15, 0.2) is 55.1 Å². The van der Waals surface area contributed by atoms with Gasteiger partial charge in [-0.1, -0.05) is 6.07 Å². The van der Waals surface area contributed by atoms with Crippen LogP contribution in [-0.2, 0) is 12.7 Å². The second-order valence-corrected chi connectivity index (χ2v) is 11.2.